The monoisotopic (exact) mass is 238 g/mol. The number of anilines is 1. The van der Waals surface area contributed by atoms with Crippen LogP contribution in [-0.2, 0) is 0 Å². The summed E-state index contributed by atoms with van der Waals surface area (Å²) in [5, 5.41) is 3.23. The smallest absolute Gasteiger partial charge is 0.248 e. The predicted octanol–water partition coefficient (Wildman–Crippen LogP) is 2.83. The van der Waals surface area contributed by atoms with Crippen LogP contribution in [0, 0.1) is 12.7 Å². The van der Waals surface area contributed by atoms with E-state index < -0.39 is 11.7 Å². The Labute approximate surface area is 101 Å². The van der Waals surface area contributed by atoms with E-state index in [9.17, 15) is 9.18 Å². The first-order chi connectivity index (χ1) is 7.99. The summed E-state index contributed by atoms with van der Waals surface area (Å²) < 4.78 is 13.6. The third kappa shape index (κ3) is 3.19. The van der Waals surface area contributed by atoms with Crippen LogP contribution in [-0.4, -0.2) is 11.9 Å². The molecule has 0 saturated heterocycles. The lowest BCUT2D eigenvalue weighted by Gasteiger charge is -2.19. The van der Waals surface area contributed by atoms with Gasteiger partial charge in [-0.2, -0.15) is 0 Å². The molecule has 17 heavy (non-hydrogen) atoms. The third-order valence-electron chi connectivity index (χ3n) is 2.97. The first-order valence-electron chi connectivity index (χ1n) is 5.86. The minimum Gasteiger partial charge on any atom is -0.382 e. The highest BCUT2D eigenvalue weighted by molar-refractivity contribution is 5.94. The summed E-state index contributed by atoms with van der Waals surface area (Å²) in [5.41, 5.74) is 6.52. The molecule has 0 aliphatic carbocycles. The van der Waals surface area contributed by atoms with E-state index >= 15 is 0 Å². The SMILES string of the molecule is CCC(CC)Nc1cc(C(N)=O)cc(F)c1C. The lowest BCUT2D eigenvalue weighted by atomic mass is 10.1. The van der Waals surface area contributed by atoms with E-state index in [2.05, 4.69) is 19.2 Å². The van der Waals surface area contributed by atoms with Gasteiger partial charge in [-0.3, -0.25) is 4.79 Å². The molecule has 0 heterocycles. The second kappa shape index (κ2) is 5.66. The molecule has 0 unspecified atom stereocenters. The zero-order valence-electron chi connectivity index (χ0n) is 10.5. The largest absolute Gasteiger partial charge is 0.382 e. The van der Waals surface area contributed by atoms with Crippen LogP contribution < -0.4 is 11.1 Å². The van der Waals surface area contributed by atoms with Crippen molar-refractivity contribution in [2.45, 2.75) is 39.7 Å². The van der Waals surface area contributed by atoms with Crippen LogP contribution in [0.3, 0.4) is 0 Å². The number of hydrogen-bond acceptors (Lipinski definition) is 2. The van der Waals surface area contributed by atoms with Crippen molar-refractivity contribution in [3.05, 3.63) is 29.1 Å². The van der Waals surface area contributed by atoms with E-state index in [4.69, 9.17) is 5.73 Å². The van der Waals surface area contributed by atoms with Gasteiger partial charge in [0.2, 0.25) is 5.91 Å². The highest BCUT2D eigenvalue weighted by atomic mass is 19.1. The number of benzene rings is 1. The lowest BCUT2D eigenvalue weighted by molar-refractivity contribution is 0.1000. The van der Waals surface area contributed by atoms with Crippen molar-refractivity contribution < 1.29 is 9.18 Å². The molecule has 0 saturated carbocycles. The Morgan fingerprint density at radius 2 is 2.00 bits per heavy atom. The van der Waals surface area contributed by atoms with E-state index in [0.29, 0.717) is 11.3 Å². The number of nitrogens with two attached hydrogens (primary N) is 1. The third-order valence-corrected chi connectivity index (χ3v) is 2.97. The number of amides is 1. The fraction of sp³-hybridized carbons (Fsp3) is 0.462. The average molecular weight is 238 g/mol. The van der Waals surface area contributed by atoms with Crippen LogP contribution in [0.4, 0.5) is 10.1 Å². The van der Waals surface area contributed by atoms with Crippen LogP contribution in [0.1, 0.15) is 42.6 Å². The maximum Gasteiger partial charge on any atom is 0.248 e. The molecule has 1 aromatic carbocycles. The lowest BCUT2D eigenvalue weighted by Crippen LogP contribution is -2.19. The van der Waals surface area contributed by atoms with Crippen molar-refractivity contribution in [1.29, 1.82) is 0 Å². The Bertz CT molecular complexity index is 414. The Kier molecular flexibility index (Phi) is 4.49. The van der Waals surface area contributed by atoms with Crippen molar-refractivity contribution in [2.75, 3.05) is 5.32 Å². The Hall–Kier alpha value is -1.58. The zero-order valence-corrected chi connectivity index (χ0v) is 10.5. The first kappa shape index (κ1) is 13.5. The number of halogens is 1. The number of primary amides is 1. The van der Waals surface area contributed by atoms with Crippen LogP contribution in [0.25, 0.3) is 0 Å². The van der Waals surface area contributed by atoms with Gasteiger partial charge in [-0.05, 0) is 31.9 Å². The fourth-order valence-corrected chi connectivity index (χ4v) is 1.68. The van der Waals surface area contributed by atoms with Crippen molar-refractivity contribution in [1.82, 2.24) is 0 Å². The van der Waals surface area contributed by atoms with Crippen LogP contribution >= 0.6 is 0 Å². The van der Waals surface area contributed by atoms with Crippen LogP contribution in [0.5, 0.6) is 0 Å². The molecule has 4 heteroatoms. The molecule has 0 fully saturated rings. The highest BCUT2D eigenvalue weighted by Gasteiger charge is 2.12. The van der Waals surface area contributed by atoms with Gasteiger partial charge in [0.05, 0.1) is 0 Å². The molecule has 0 spiro atoms. The Morgan fingerprint density at radius 3 is 2.47 bits per heavy atom. The zero-order chi connectivity index (χ0) is 13.0. The summed E-state index contributed by atoms with van der Waals surface area (Å²) in [5.74, 6) is -1.02. The van der Waals surface area contributed by atoms with Crippen LogP contribution in [0.15, 0.2) is 12.1 Å². The maximum absolute atomic E-state index is 13.6. The van der Waals surface area contributed by atoms with Crippen molar-refractivity contribution in [2.24, 2.45) is 5.73 Å². The number of hydrogen-bond donors (Lipinski definition) is 2. The van der Waals surface area contributed by atoms with Crippen LogP contribution in [0.2, 0.25) is 0 Å². The Balaban J connectivity index is 3.09. The van der Waals surface area contributed by atoms with Gasteiger partial charge in [0.15, 0.2) is 0 Å². The molecule has 0 aliphatic rings. The normalized spacial score (nSPS) is 10.6. The first-order valence-corrected chi connectivity index (χ1v) is 5.86. The molecule has 0 atom stereocenters. The number of carbonyl (C=O) groups excluding carboxylic acids is 1. The predicted molar refractivity (Wildman–Crippen MR) is 67.6 cm³/mol. The van der Waals surface area contributed by atoms with Gasteiger partial charge in [0, 0.05) is 22.9 Å². The molecule has 1 rings (SSSR count). The molecule has 0 bridgehead atoms. The van der Waals surface area contributed by atoms with Gasteiger partial charge in [-0.25, -0.2) is 4.39 Å². The molecule has 0 aromatic heterocycles. The molecular weight excluding hydrogens is 219 g/mol. The number of nitrogens with one attached hydrogen (secondary N) is 1. The molecule has 0 radical (unpaired) electrons. The summed E-state index contributed by atoms with van der Waals surface area (Å²) in [6, 6.07) is 3.06. The molecule has 1 aromatic rings. The van der Waals surface area contributed by atoms with E-state index in [0.717, 1.165) is 12.8 Å². The second-order valence-electron chi connectivity index (χ2n) is 4.15. The minimum atomic E-state index is -0.614. The Morgan fingerprint density at radius 1 is 1.41 bits per heavy atom. The van der Waals surface area contributed by atoms with Gasteiger partial charge in [-0.15, -0.1) is 0 Å². The van der Waals surface area contributed by atoms with E-state index in [-0.39, 0.29) is 11.6 Å². The quantitative estimate of drug-likeness (QED) is 0.828. The fourth-order valence-electron chi connectivity index (χ4n) is 1.68. The molecule has 3 nitrogen and oxygen atoms in total. The number of rotatable bonds is 5. The van der Waals surface area contributed by atoms with Crippen molar-refractivity contribution in [3.63, 3.8) is 0 Å². The molecule has 0 aliphatic heterocycles. The minimum absolute atomic E-state index is 0.196. The summed E-state index contributed by atoms with van der Waals surface area (Å²) in [7, 11) is 0. The average Bonchev–Trinajstić information content (AvgIpc) is 2.30. The van der Waals surface area contributed by atoms with E-state index in [1.165, 1.54) is 6.07 Å². The standard InChI is InChI=1S/C13H19FN2O/c1-4-10(5-2)16-12-7-9(13(15)17)6-11(14)8(12)3/h6-7,10,16H,4-5H2,1-3H3,(H2,15,17). The molecule has 1 amide bonds. The topological polar surface area (TPSA) is 55.1 Å². The summed E-state index contributed by atoms with van der Waals surface area (Å²) in [6.07, 6.45) is 1.89. The van der Waals surface area contributed by atoms with Crippen molar-refractivity contribution >= 4 is 11.6 Å². The summed E-state index contributed by atoms with van der Waals surface area (Å²) in [4.78, 5) is 11.1. The highest BCUT2D eigenvalue weighted by Crippen LogP contribution is 2.22. The maximum atomic E-state index is 13.6. The van der Waals surface area contributed by atoms with Gasteiger partial charge >= 0.3 is 0 Å². The molecular formula is C13H19FN2O. The summed E-state index contributed by atoms with van der Waals surface area (Å²) >= 11 is 0. The molecule has 94 valence electrons. The van der Waals surface area contributed by atoms with Gasteiger partial charge in [-0.1, -0.05) is 13.8 Å². The molecule has 3 N–H and O–H groups in total. The summed E-state index contributed by atoms with van der Waals surface area (Å²) in [6.45, 7) is 5.81. The van der Waals surface area contributed by atoms with Gasteiger partial charge < -0.3 is 11.1 Å². The van der Waals surface area contributed by atoms with E-state index in [1.54, 1.807) is 13.0 Å². The van der Waals surface area contributed by atoms with E-state index in [1.807, 2.05) is 0 Å². The second-order valence-corrected chi connectivity index (χ2v) is 4.15. The van der Waals surface area contributed by atoms with Crippen molar-refractivity contribution in [3.8, 4) is 0 Å². The van der Waals surface area contributed by atoms with Gasteiger partial charge in [0.25, 0.3) is 0 Å². The van der Waals surface area contributed by atoms with Gasteiger partial charge in [0.1, 0.15) is 5.82 Å². The number of carbonyl (C=O) groups is 1.